The lowest BCUT2D eigenvalue weighted by molar-refractivity contribution is 0.0544. The van der Waals surface area contributed by atoms with Crippen molar-refractivity contribution in [1.82, 2.24) is 4.57 Å². The number of aromatic nitrogens is 1. The van der Waals surface area contributed by atoms with Crippen LogP contribution in [0.1, 0.15) is 26.3 Å². The van der Waals surface area contributed by atoms with E-state index in [1.165, 1.54) is 4.57 Å². The molecule has 0 spiro atoms. The predicted molar refractivity (Wildman–Crippen MR) is 81.0 cm³/mol. The molecule has 19 heavy (non-hydrogen) atoms. The van der Waals surface area contributed by atoms with Gasteiger partial charge in [-0.3, -0.25) is 4.57 Å². The molecule has 1 aromatic heterocycles. The van der Waals surface area contributed by atoms with Crippen molar-refractivity contribution in [2.75, 3.05) is 0 Å². The molecule has 0 aliphatic carbocycles. The summed E-state index contributed by atoms with van der Waals surface area (Å²) in [5, 5.41) is 9.90. The molecule has 0 aliphatic heterocycles. The minimum atomic E-state index is -0.550. The fourth-order valence-corrected chi connectivity index (χ4v) is 2.64. The third-order valence-corrected chi connectivity index (χ3v) is 3.31. The topological polar surface area (TPSA) is 55.0 Å². The molecule has 0 saturated heterocycles. The van der Waals surface area contributed by atoms with Gasteiger partial charge in [-0.1, -0.05) is 6.07 Å². The van der Waals surface area contributed by atoms with Crippen molar-refractivity contribution in [3.05, 3.63) is 33.5 Å². The molecule has 4 nitrogen and oxygen atoms in total. The minimum Gasteiger partial charge on any atom is -0.443 e. The third-order valence-electron chi connectivity index (χ3n) is 2.49. The van der Waals surface area contributed by atoms with Crippen LogP contribution < -0.4 is 0 Å². The maximum absolute atomic E-state index is 12.1. The van der Waals surface area contributed by atoms with Crippen LogP contribution in [0, 0.1) is 14.9 Å². The van der Waals surface area contributed by atoms with Gasteiger partial charge in [-0.2, -0.15) is 5.26 Å². The van der Waals surface area contributed by atoms with Crippen LogP contribution >= 0.6 is 22.6 Å². The van der Waals surface area contributed by atoms with E-state index in [1.54, 1.807) is 18.3 Å². The number of fused-ring (bicyclic) bond motifs is 1. The lowest BCUT2D eigenvalue weighted by Crippen LogP contribution is -2.26. The SMILES string of the molecule is CC(C)(C)OC(=O)n1cc(I)c2c(C#N)cccc21. The fourth-order valence-electron chi connectivity index (χ4n) is 1.79. The molecule has 0 unspecified atom stereocenters. The summed E-state index contributed by atoms with van der Waals surface area (Å²) in [6, 6.07) is 7.45. The van der Waals surface area contributed by atoms with Crippen molar-refractivity contribution >= 4 is 39.6 Å². The normalized spacial score (nSPS) is 11.3. The Hall–Kier alpha value is -1.55. The number of carbonyl (C=O) groups is 1. The van der Waals surface area contributed by atoms with Crippen molar-refractivity contribution in [3.8, 4) is 6.07 Å². The summed E-state index contributed by atoms with van der Waals surface area (Å²) in [4.78, 5) is 12.1. The highest BCUT2D eigenvalue weighted by atomic mass is 127. The van der Waals surface area contributed by atoms with Gasteiger partial charge in [-0.05, 0) is 55.5 Å². The standard InChI is InChI=1S/C14H13IN2O2/c1-14(2,3)19-13(18)17-8-10(15)12-9(7-16)5-4-6-11(12)17/h4-6,8H,1-3H3. The van der Waals surface area contributed by atoms with Crippen molar-refractivity contribution in [1.29, 1.82) is 5.26 Å². The lowest BCUT2D eigenvalue weighted by atomic mass is 10.1. The Morgan fingerprint density at radius 1 is 1.42 bits per heavy atom. The Kier molecular flexibility index (Phi) is 3.54. The van der Waals surface area contributed by atoms with Crippen molar-refractivity contribution in [2.24, 2.45) is 0 Å². The first kappa shape index (κ1) is 13.9. The average Bonchev–Trinajstić information content (AvgIpc) is 2.65. The van der Waals surface area contributed by atoms with Crippen LogP contribution in [0.25, 0.3) is 10.9 Å². The first-order valence-corrected chi connectivity index (χ1v) is 6.84. The van der Waals surface area contributed by atoms with Gasteiger partial charge in [-0.15, -0.1) is 0 Å². The zero-order valence-corrected chi connectivity index (χ0v) is 13.1. The lowest BCUT2D eigenvalue weighted by Gasteiger charge is -2.19. The Bertz CT molecular complexity index is 690. The van der Waals surface area contributed by atoms with Gasteiger partial charge in [0.1, 0.15) is 5.60 Å². The van der Waals surface area contributed by atoms with E-state index >= 15 is 0 Å². The van der Waals surface area contributed by atoms with Gasteiger partial charge >= 0.3 is 6.09 Å². The largest absolute Gasteiger partial charge is 0.443 e. The van der Waals surface area contributed by atoms with Crippen molar-refractivity contribution in [3.63, 3.8) is 0 Å². The smallest absolute Gasteiger partial charge is 0.419 e. The number of nitriles is 1. The monoisotopic (exact) mass is 368 g/mol. The van der Waals surface area contributed by atoms with Gasteiger partial charge in [0.2, 0.25) is 0 Å². The number of nitrogens with zero attached hydrogens (tertiary/aromatic N) is 2. The molecular weight excluding hydrogens is 355 g/mol. The highest BCUT2D eigenvalue weighted by Gasteiger charge is 2.21. The molecule has 98 valence electrons. The molecule has 1 aromatic carbocycles. The molecule has 0 aliphatic rings. The fraction of sp³-hybridized carbons (Fsp3) is 0.286. The van der Waals surface area contributed by atoms with E-state index in [0.717, 1.165) is 8.96 Å². The quantitative estimate of drug-likeness (QED) is 0.663. The molecule has 2 aromatic rings. The average molecular weight is 368 g/mol. The first-order valence-electron chi connectivity index (χ1n) is 5.76. The van der Waals surface area contributed by atoms with Gasteiger partial charge in [0.25, 0.3) is 0 Å². The summed E-state index contributed by atoms with van der Waals surface area (Å²) in [5.74, 6) is 0. The Labute approximate surface area is 125 Å². The highest BCUT2D eigenvalue weighted by Crippen LogP contribution is 2.27. The number of hydrogen-bond donors (Lipinski definition) is 0. The number of hydrogen-bond acceptors (Lipinski definition) is 3. The molecule has 0 fully saturated rings. The molecule has 0 amide bonds. The number of benzene rings is 1. The van der Waals surface area contributed by atoms with Crippen LogP contribution in [0.3, 0.4) is 0 Å². The molecule has 0 atom stereocenters. The van der Waals surface area contributed by atoms with Gasteiger partial charge in [0.15, 0.2) is 0 Å². The Balaban J connectivity index is 2.58. The van der Waals surface area contributed by atoms with E-state index in [1.807, 2.05) is 26.8 Å². The van der Waals surface area contributed by atoms with E-state index in [0.29, 0.717) is 11.1 Å². The number of carbonyl (C=O) groups excluding carboxylic acids is 1. The van der Waals surface area contributed by atoms with Crippen LogP contribution in [0.2, 0.25) is 0 Å². The molecule has 0 N–H and O–H groups in total. The van der Waals surface area contributed by atoms with Gasteiger partial charge in [0, 0.05) is 15.2 Å². The number of halogens is 1. The van der Waals surface area contributed by atoms with Crippen LogP contribution in [0.4, 0.5) is 4.79 Å². The Morgan fingerprint density at radius 2 is 2.11 bits per heavy atom. The minimum absolute atomic E-state index is 0.435. The number of rotatable bonds is 0. The second-order valence-electron chi connectivity index (χ2n) is 5.14. The van der Waals surface area contributed by atoms with E-state index in [2.05, 4.69) is 28.7 Å². The van der Waals surface area contributed by atoms with Crippen molar-refractivity contribution < 1.29 is 9.53 Å². The van der Waals surface area contributed by atoms with Gasteiger partial charge < -0.3 is 4.74 Å². The summed E-state index contributed by atoms with van der Waals surface area (Å²) in [5.41, 5.74) is 0.702. The first-order chi connectivity index (χ1) is 8.83. The molecule has 1 heterocycles. The van der Waals surface area contributed by atoms with E-state index in [-0.39, 0.29) is 0 Å². The second kappa shape index (κ2) is 4.85. The molecular formula is C14H13IN2O2. The summed E-state index contributed by atoms with van der Waals surface area (Å²) in [6.45, 7) is 5.47. The summed E-state index contributed by atoms with van der Waals surface area (Å²) >= 11 is 2.12. The van der Waals surface area contributed by atoms with Gasteiger partial charge in [-0.25, -0.2) is 4.79 Å². The zero-order valence-electron chi connectivity index (χ0n) is 10.9. The van der Waals surface area contributed by atoms with E-state index in [9.17, 15) is 4.79 Å². The maximum Gasteiger partial charge on any atom is 0.419 e. The maximum atomic E-state index is 12.1. The second-order valence-corrected chi connectivity index (χ2v) is 6.30. The van der Waals surface area contributed by atoms with Crippen LogP contribution in [-0.4, -0.2) is 16.3 Å². The summed E-state index contributed by atoms with van der Waals surface area (Å²) in [7, 11) is 0. The molecule has 5 heteroatoms. The molecule has 2 rings (SSSR count). The summed E-state index contributed by atoms with van der Waals surface area (Å²) in [6.07, 6.45) is 1.26. The molecule has 0 bridgehead atoms. The van der Waals surface area contributed by atoms with Crippen LogP contribution in [0.15, 0.2) is 24.4 Å². The third kappa shape index (κ3) is 2.73. The Morgan fingerprint density at radius 3 is 2.68 bits per heavy atom. The summed E-state index contributed by atoms with van der Waals surface area (Å²) < 4.78 is 7.66. The zero-order chi connectivity index (χ0) is 14.2. The molecule has 0 saturated carbocycles. The highest BCUT2D eigenvalue weighted by molar-refractivity contribution is 14.1. The van der Waals surface area contributed by atoms with E-state index < -0.39 is 11.7 Å². The van der Waals surface area contributed by atoms with E-state index in [4.69, 9.17) is 10.00 Å². The van der Waals surface area contributed by atoms with Crippen molar-refractivity contribution in [2.45, 2.75) is 26.4 Å². The van der Waals surface area contributed by atoms with Crippen LogP contribution in [0.5, 0.6) is 0 Å². The molecule has 0 radical (unpaired) electrons. The van der Waals surface area contributed by atoms with Gasteiger partial charge in [0.05, 0.1) is 17.1 Å². The predicted octanol–water partition coefficient (Wildman–Crippen LogP) is 3.90. The number of ether oxygens (including phenoxy) is 1. The van der Waals surface area contributed by atoms with Crippen LogP contribution in [-0.2, 0) is 4.74 Å².